The summed E-state index contributed by atoms with van der Waals surface area (Å²) in [5.74, 6) is 0. The second-order valence-electron chi connectivity index (χ2n) is 4.27. The van der Waals surface area contributed by atoms with Crippen molar-refractivity contribution >= 4 is 64.2 Å². The number of anilines is 2. The second-order valence-corrected chi connectivity index (χ2v) is 7.14. The van der Waals surface area contributed by atoms with Crippen molar-refractivity contribution in [3.05, 3.63) is 50.9 Å². The molecule has 0 aliphatic heterocycles. The van der Waals surface area contributed by atoms with Crippen molar-refractivity contribution in [2.45, 2.75) is 6.92 Å². The summed E-state index contributed by atoms with van der Waals surface area (Å²) in [7, 11) is 0. The molecule has 0 fully saturated rings. The largest absolute Gasteiger partial charge is 0.331 e. The molecule has 19 heavy (non-hydrogen) atoms. The predicted molar refractivity (Wildman–Crippen MR) is 89.5 cm³/mol. The lowest BCUT2D eigenvalue weighted by atomic mass is 10.2. The fraction of sp³-hybridized carbons (Fsp3) is 0.0714. The van der Waals surface area contributed by atoms with E-state index in [1.165, 1.54) is 10.3 Å². The van der Waals surface area contributed by atoms with Gasteiger partial charge in [-0.2, -0.15) is 0 Å². The van der Waals surface area contributed by atoms with Gasteiger partial charge in [0.2, 0.25) is 0 Å². The van der Waals surface area contributed by atoms with Gasteiger partial charge in [0.05, 0.1) is 10.2 Å². The summed E-state index contributed by atoms with van der Waals surface area (Å²) in [6.07, 6.45) is 0. The Labute approximate surface area is 132 Å². The summed E-state index contributed by atoms with van der Waals surface area (Å²) in [6.45, 7) is 2.07. The summed E-state index contributed by atoms with van der Waals surface area (Å²) in [5.41, 5.74) is 3.26. The number of nitrogens with zero attached hydrogens (tertiary/aromatic N) is 1. The summed E-state index contributed by atoms with van der Waals surface area (Å²) < 4.78 is 3.30. The molecule has 0 aliphatic rings. The molecule has 96 valence electrons. The number of aromatic nitrogens is 1. The van der Waals surface area contributed by atoms with Crippen LogP contribution in [0.3, 0.4) is 0 Å². The first kappa shape index (κ1) is 13.1. The number of aryl methyl sites for hydroxylation is 1. The third kappa shape index (κ3) is 2.99. The molecule has 0 radical (unpaired) electrons. The molecule has 3 aromatic rings. The highest BCUT2D eigenvalue weighted by Crippen LogP contribution is 2.31. The smallest absolute Gasteiger partial charge is 0.188 e. The highest BCUT2D eigenvalue weighted by atomic mass is 79.9. The van der Waals surface area contributed by atoms with Gasteiger partial charge < -0.3 is 5.32 Å². The molecule has 1 heterocycles. The summed E-state index contributed by atoms with van der Waals surface area (Å²) in [5, 5.41) is 4.26. The summed E-state index contributed by atoms with van der Waals surface area (Å²) >= 11 is 8.63. The van der Waals surface area contributed by atoms with E-state index in [0.717, 1.165) is 25.3 Å². The Bertz CT molecular complexity index is 732. The highest BCUT2D eigenvalue weighted by molar-refractivity contribution is 9.10. The van der Waals surface area contributed by atoms with Gasteiger partial charge >= 0.3 is 0 Å². The zero-order valence-electron chi connectivity index (χ0n) is 10.1. The SMILES string of the molecule is Cc1cc(Br)cc(Nc2nc3cc(Br)ccc3s2)c1. The van der Waals surface area contributed by atoms with Crippen molar-refractivity contribution in [2.24, 2.45) is 0 Å². The Morgan fingerprint density at radius 1 is 1.05 bits per heavy atom. The molecular formula is C14H10Br2N2S. The van der Waals surface area contributed by atoms with Crippen LogP contribution in [0, 0.1) is 6.92 Å². The molecule has 3 rings (SSSR count). The molecule has 0 bridgehead atoms. The Balaban J connectivity index is 1.96. The first-order chi connectivity index (χ1) is 9.10. The maximum atomic E-state index is 4.59. The number of nitrogens with one attached hydrogen (secondary N) is 1. The van der Waals surface area contributed by atoms with Crippen molar-refractivity contribution in [1.82, 2.24) is 4.98 Å². The topological polar surface area (TPSA) is 24.9 Å². The van der Waals surface area contributed by atoms with Gasteiger partial charge in [-0.3, -0.25) is 0 Å². The van der Waals surface area contributed by atoms with E-state index < -0.39 is 0 Å². The van der Waals surface area contributed by atoms with Crippen molar-refractivity contribution in [1.29, 1.82) is 0 Å². The molecule has 2 nitrogen and oxygen atoms in total. The maximum Gasteiger partial charge on any atom is 0.188 e. The van der Waals surface area contributed by atoms with Gasteiger partial charge in [0.1, 0.15) is 0 Å². The third-order valence-corrected chi connectivity index (χ3v) is 4.55. The molecule has 0 aliphatic carbocycles. The van der Waals surface area contributed by atoms with E-state index in [2.05, 4.69) is 73.3 Å². The first-order valence-corrected chi connectivity index (χ1v) is 8.11. The molecule has 1 N–H and O–H groups in total. The maximum absolute atomic E-state index is 4.59. The normalized spacial score (nSPS) is 10.9. The minimum absolute atomic E-state index is 0.908. The number of rotatable bonds is 2. The minimum atomic E-state index is 0.908. The van der Waals surface area contributed by atoms with Gasteiger partial charge in [-0.15, -0.1) is 0 Å². The van der Waals surface area contributed by atoms with Gasteiger partial charge in [0, 0.05) is 14.6 Å². The number of fused-ring (bicyclic) bond motifs is 1. The van der Waals surface area contributed by atoms with Crippen LogP contribution in [0.5, 0.6) is 0 Å². The van der Waals surface area contributed by atoms with Crippen molar-refractivity contribution in [3.63, 3.8) is 0 Å². The average Bonchev–Trinajstić information content (AvgIpc) is 2.68. The van der Waals surface area contributed by atoms with Crippen LogP contribution in [0.25, 0.3) is 10.2 Å². The van der Waals surface area contributed by atoms with Gasteiger partial charge in [0.25, 0.3) is 0 Å². The monoisotopic (exact) mass is 396 g/mol. The Morgan fingerprint density at radius 2 is 1.89 bits per heavy atom. The molecule has 0 unspecified atom stereocenters. The van der Waals surface area contributed by atoms with Gasteiger partial charge in [0.15, 0.2) is 5.13 Å². The van der Waals surface area contributed by atoms with Crippen LogP contribution in [0.2, 0.25) is 0 Å². The van der Waals surface area contributed by atoms with E-state index >= 15 is 0 Å². The Morgan fingerprint density at radius 3 is 2.68 bits per heavy atom. The standard InChI is InChI=1S/C14H10Br2N2S/c1-8-4-10(16)6-11(5-8)17-14-18-12-7-9(15)2-3-13(12)19-14/h2-7H,1H3,(H,17,18). The van der Waals surface area contributed by atoms with Crippen molar-refractivity contribution in [3.8, 4) is 0 Å². The lowest BCUT2D eigenvalue weighted by molar-refractivity contribution is 1.40. The number of halogens is 2. The number of hydrogen-bond acceptors (Lipinski definition) is 3. The van der Waals surface area contributed by atoms with Crippen LogP contribution in [0.15, 0.2) is 45.3 Å². The van der Waals surface area contributed by atoms with E-state index in [4.69, 9.17) is 0 Å². The molecule has 0 saturated carbocycles. The van der Waals surface area contributed by atoms with Crippen LogP contribution in [-0.4, -0.2) is 4.98 Å². The van der Waals surface area contributed by atoms with E-state index in [1.807, 2.05) is 12.1 Å². The summed E-state index contributed by atoms with van der Waals surface area (Å²) in [4.78, 5) is 4.59. The van der Waals surface area contributed by atoms with E-state index in [0.29, 0.717) is 0 Å². The fourth-order valence-electron chi connectivity index (χ4n) is 1.89. The van der Waals surface area contributed by atoms with Crippen LogP contribution in [-0.2, 0) is 0 Å². The molecule has 2 aromatic carbocycles. The van der Waals surface area contributed by atoms with Crippen LogP contribution >= 0.6 is 43.2 Å². The van der Waals surface area contributed by atoms with E-state index in [9.17, 15) is 0 Å². The second kappa shape index (κ2) is 5.23. The lowest BCUT2D eigenvalue weighted by Crippen LogP contribution is -1.89. The quantitative estimate of drug-likeness (QED) is 0.584. The molecule has 1 aromatic heterocycles. The van der Waals surface area contributed by atoms with Crippen LogP contribution in [0.1, 0.15) is 5.56 Å². The van der Waals surface area contributed by atoms with Gasteiger partial charge in [-0.05, 0) is 48.9 Å². The Kier molecular flexibility index (Phi) is 3.60. The lowest BCUT2D eigenvalue weighted by Gasteiger charge is -2.04. The zero-order valence-corrected chi connectivity index (χ0v) is 14.1. The van der Waals surface area contributed by atoms with E-state index in [1.54, 1.807) is 11.3 Å². The molecule has 0 atom stereocenters. The summed E-state index contributed by atoms with van der Waals surface area (Å²) in [6, 6.07) is 12.4. The van der Waals surface area contributed by atoms with Crippen molar-refractivity contribution < 1.29 is 0 Å². The highest BCUT2D eigenvalue weighted by Gasteiger charge is 2.05. The van der Waals surface area contributed by atoms with Crippen LogP contribution in [0.4, 0.5) is 10.8 Å². The van der Waals surface area contributed by atoms with Gasteiger partial charge in [-0.1, -0.05) is 43.2 Å². The predicted octanol–water partition coefficient (Wildman–Crippen LogP) is 5.87. The van der Waals surface area contributed by atoms with E-state index in [-0.39, 0.29) is 0 Å². The number of benzene rings is 2. The van der Waals surface area contributed by atoms with Crippen LogP contribution < -0.4 is 5.32 Å². The fourth-order valence-corrected chi connectivity index (χ4v) is 3.71. The molecule has 0 saturated heterocycles. The molecular weight excluding hydrogens is 388 g/mol. The molecule has 0 spiro atoms. The van der Waals surface area contributed by atoms with Crippen molar-refractivity contribution in [2.75, 3.05) is 5.32 Å². The first-order valence-electron chi connectivity index (χ1n) is 5.70. The molecule has 0 amide bonds. The number of thiazole rings is 1. The third-order valence-electron chi connectivity index (χ3n) is 2.64. The minimum Gasteiger partial charge on any atom is -0.331 e. The average molecular weight is 398 g/mol. The molecule has 5 heteroatoms. The Hall–Kier alpha value is -0.910. The number of hydrogen-bond donors (Lipinski definition) is 1. The zero-order chi connectivity index (χ0) is 13.4. The van der Waals surface area contributed by atoms with Gasteiger partial charge in [-0.25, -0.2) is 4.98 Å².